The summed E-state index contributed by atoms with van der Waals surface area (Å²) in [6.45, 7) is 1.98. The molecule has 29 heavy (non-hydrogen) atoms. The van der Waals surface area contributed by atoms with Gasteiger partial charge in [-0.2, -0.15) is 0 Å². The van der Waals surface area contributed by atoms with Crippen LogP contribution in [0.4, 0.5) is 21.9 Å². The molecular weight excluding hydrogens is 376 g/mol. The maximum atomic E-state index is 12.5. The number of anilines is 2. The number of methoxy groups -OCH3 is 1. The van der Waals surface area contributed by atoms with E-state index in [2.05, 4.69) is 10.1 Å². The summed E-state index contributed by atoms with van der Waals surface area (Å²) in [7, 11) is 1.23. The van der Waals surface area contributed by atoms with Gasteiger partial charge in [0.25, 0.3) is 5.69 Å². The lowest BCUT2D eigenvalue weighted by atomic mass is 10.1. The number of nitro benzene ring substituents is 1. The van der Waals surface area contributed by atoms with E-state index in [1.807, 2.05) is 35.2 Å². The zero-order chi connectivity index (χ0) is 20.8. The normalized spacial score (nSPS) is 14.1. The number of esters is 1. The standard InChI is InChI=1S/C20H22N4O5/c1-29-19(25)15-8-9-17(18(14-15)24(27)28)22-10-5-11-23(13-12-22)20(26)21-16-6-3-2-4-7-16/h2-4,6-9,14H,5,10-13H2,1H3,(H,21,26). The summed E-state index contributed by atoms with van der Waals surface area (Å²) in [6, 6.07) is 13.3. The van der Waals surface area contributed by atoms with Crippen molar-refractivity contribution in [3.8, 4) is 0 Å². The quantitative estimate of drug-likeness (QED) is 0.482. The molecule has 9 heteroatoms. The minimum absolute atomic E-state index is 0.127. The van der Waals surface area contributed by atoms with Crippen LogP contribution in [-0.2, 0) is 4.74 Å². The number of carbonyl (C=O) groups excluding carboxylic acids is 2. The number of nitrogens with one attached hydrogen (secondary N) is 1. The summed E-state index contributed by atoms with van der Waals surface area (Å²) in [5.41, 5.74) is 1.11. The molecule has 0 aromatic heterocycles. The molecule has 9 nitrogen and oxygen atoms in total. The van der Waals surface area contributed by atoms with E-state index in [9.17, 15) is 19.7 Å². The van der Waals surface area contributed by atoms with E-state index in [4.69, 9.17) is 0 Å². The van der Waals surface area contributed by atoms with Crippen LogP contribution in [0.15, 0.2) is 48.5 Å². The molecule has 152 valence electrons. The van der Waals surface area contributed by atoms with Crippen molar-refractivity contribution in [1.29, 1.82) is 0 Å². The average Bonchev–Trinajstić information content (AvgIpc) is 2.99. The molecule has 0 spiro atoms. The van der Waals surface area contributed by atoms with E-state index in [0.717, 1.165) is 0 Å². The van der Waals surface area contributed by atoms with Crippen LogP contribution in [0.5, 0.6) is 0 Å². The first-order valence-electron chi connectivity index (χ1n) is 9.22. The number of nitro groups is 1. The molecule has 0 unspecified atom stereocenters. The van der Waals surface area contributed by atoms with Gasteiger partial charge in [0.2, 0.25) is 0 Å². The SMILES string of the molecule is COC(=O)c1ccc(N2CCCN(C(=O)Nc3ccccc3)CC2)c([N+](=O)[O-])c1. The van der Waals surface area contributed by atoms with Gasteiger partial charge < -0.3 is 19.9 Å². The van der Waals surface area contributed by atoms with Crippen molar-refractivity contribution in [2.24, 2.45) is 0 Å². The molecular formula is C20H22N4O5. The molecule has 1 aliphatic rings. The number of para-hydroxylation sites is 1. The number of nitrogens with zero attached hydrogens (tertiary/aromatic N) is 3. The van der Waals surface area contributed by atoms with E-state index >= 15 is 0 Å². The summed E-state index contributed by atoms with van der Waals surface area (Å²) in [4.78, 5) is 38.8. The van der Waals surface area contributed by atoms with Crippen molar-refractivity contribution in [3.63, 3.8) is 0 Å². The molecule has 0 aliphatic carbocycles. The zero-order valence-electron chi connectivity index (χ0n) is 16.0. The van der Waals surface area contributed by atoms with E-state index in [1.54, 1.807) is 11.0 Å². The fraction of sp³-hybridized carbons (Fsp3) is 0.300. The molecule has 2 aromatic carbocycles. The highest BCUT2D eigenvalue weighted by Crippen LogP contribution is 2.30. The van der Waals surface area contributed by atoms with E-state index in [-0.39, 0.29) is 17.3 Å². The molecule has 1 saturated heterocycles. The largest absolute Gasteiger partial charge is 0.465 e. The van der Waals surface area contributed by atoms with Gasteiger partial charge >= 0.3 is 12.0 Å². The lowest BCUT2D eigenvalue weighted by Gasteiger charge is -2.24. The van der Waals surface area contributed by atoms with Gasteiger partial charge in [0, 0.05) is 37.9 Å². The Morgan fingerprint density at radius 3 is 2.52 bits per heavy atom. The minimum Gasteiger partial charge on any atom is -0.465 e. The predicted octanol–water partition coefficient (Wildman–Crippen LogP) is 3.13. The number of hydrogen-bond donors (Lipinski definition) is 1. The average molecular weight is 398 g/mol. The first kappa shape index (κ1) is 20.1. The van der Waals surface area contributed by atoms with Gasteiger partial charge in [-0.1, -0.05) is 18.2 Å². The van der Waals surface area contributed by atoms with Crippen LogP contribution < -0.4 is 10.2 Å². The van der Waals surface area contributed by atoms with Crippen molar-refractivity contribution < 1.29 is 19.2 Å². The van der Waals surface area contributed by atoms with E-state index in [1.165, 1.54) is 19.2 Å². The number of urea groups is 1. The lowest BCUT2D eigenvalue weighted by molar-refractivity contribution is -0.384. The molecule has 3 rings (SSSR count). The van der Waals surface area contributed by atoms with Crippen molar-refractivity contribution in [1.82, 2.24) is 4.90 Å². The molecule has 1 heterocycles. The van der Waals surface area contributed by atoms with Crippen LogP contribution in [0.1, 0.15) is 16.8 Å². The maximum absolute atomic E-state index is 12.5. The van der Waals surface area contributed by atoms with Crippen molar-refractivity contribution in [2.75, 3.05) is 43.5 Å². The number of carbonyl (C=O) groups is 2. The number of ether oxygens (including phenoxy) is 1. The summed E-state index contributed by atoms with van der Waals surface area (Å²) in [5, 5.41) is 14.4. The van der Waals surface area contributed by atoms with Crippen LogP contribution in [0.2, 0.25) is 0 Å². The smallest absolute Gasteiger partial charge is 0.338 e. The van der Waals surface area contributed by atoms with E-state index < -0.39 is 10.9 Å². The third kappa shape index (κ3) is 4.81. The van der Waals surface area contributed by atoms with Crippen LogP contribution in [0.25, 0.3) is 0 Å². The highest BCUT2D eigenvalue weighted by atomic mass is 16.6. The highest BCUT2D eigenvalue weighted by Gasteiger charge is 2.25. The van der Waals surface area contributed by atoms with Crippen molar-refractivity contribution in [2.45, 2.75) is 6.42 Å². The Morgan fingerprint density at radius 2 is 1.83 bits per heavy atom. The third-order valence-corrected chi connectivity index (χ3v) is 4.74. The van der Waals surface area contributed by atoms with Gasteiger partial charge in [0.1, 0.15) is 5.69 Å². The Bertz CT molecular complexity index is 903. The molecule has 0 radical (unpaired) electrons. The van der Waals surface area contributed by atoms with Gasteiger partial charge in [-0.25, -0.2) is 9.59 Å². The summed E-state index contributed by atoms with van der Waals surface area (Å²) < 4.78 is 4.64. The number of amides is 2. The molecule has 1 fully saturated rings. The van der Waals surface area contributed by atoms with Gasteiger partial charge in [0.15, 0.2) is 0 Å². The van der Waals surface area contributed by atoms with Crippen LogP contribution in [-0.4, -0.2) is 55.1 Å². The second kappa shape index (κ2) is 9.05. The van der Waals surface area contributed by atoms with Crippen LogP contribution in [0.3, 0.4) is 0 Å². The number of benzene rings is 2. The fourth-order valence-electron chi connectivity index (χ4n) is 3.27. The Balaban J connectivity index is 1.72. The zero-order valence-corrected chi connectivity index (χ0v) is 16.0. The second-order valence-electron chi connectivity index (χ2n) is 6.58. The monoisotopic (exact) mass is 398 g/mol. The van der Waals surface area contributed by atoms with Gasteiger partial charge in [-0.05, 0) is 30.7 Å². The minimum atomic E-state index is -0.626. The summed E-state index contributed by atoms with van der Waals surface area (Å²) in [5.74, 6) is -0.626. The predicted molar refractivity (Wildman–Crippen MR) is 108 cm³/mol. The van der Waals surface area contributed by atoms with Gasteiger partial charge in [-0.3, -0.25) is 10.1 Å². The van der Waals surface area contributed by atoms with Gasteiger partial charge in [-0.15, -0.1) is 0 Å². The summed E-state index contributed by atoms with van der Waals surface area (Å²) >= 11 is 0. The lowest BCUT2D eigenvalue weighted by Crippen LogP contribution is -2.38. The molecule has 1 aliphatic heterocycles. The number of hydrogen-bond acceptors (Lipinski definition) is 6. The first-order chi connectivity index (χ1) is 14.0. The summed E-state index contributed by atoms with van der Waals surface area (Å²) in [6.07, 6.45) is 0.665. The molecule has 0 saturated carbocycles. The Hall–Kier alpha value is -3.62. The Morgan fingerprint density at radius 1 is 1.07 bits per heavy atom. The molecule has 1 N–H and O–H groups in total. The van der Waals surface area contributed by atoms with Crippen LogP contribution in [0, 0.1) is 10.1 Å². The van der Waals surface area contributed by atoms with Crippen molar-refractivity contribution in [3.05, 3.63) is 64.2 Å². The van der Waals surface area contributed by atoms with E-state index in [0.29, 0.717) is 44.0 Å². The Labute approximate surface area is 168 Å². The fourth-order valence-corrected chi connectivity index (χ4v) is 3.27. The topological polar surface area (TPSA) is 105 Å². The molecule has 2 aromatic rings. The van der Waals surface area contributed by atoms with Crippen molar-refractivity contribution >= 4 is 29.1 Å². The third-order valence-electron chi connectivity index (χ3n) is 4.74. The highest BCUT2D eigenvalue weighted by molar-refractivity contribution is 5.91. The van der Waals surface area contributed by atoms with Crippen LogP contribution >= 0.6 is 0 Å². The second-order valence-corrected chi connectivity index (χ2v) is 6.58. The number of rotatable bonds is 4. The molecule has 2 amide bonds. The van der Waals surface area contributed by atoms with Gasteiger partial charge in [0.05, 0.1) is 17.6 Å². The Kier molecular flexibility index (Phi) is 6.28. The molecule has 0 bridgehead atoms. The maximum Gasteiger partial charge on any atom is 0.338 e. The molecule has 0 atom stereocenters. The first-order valence-corrected chi connectivity index (χ1v) is 9.22.